The molecule has 0 radical (unpaired) electrons. The van der Waals surface area contributed by atoms with Gasteiger partial charge in [-0.25, -0.2) is 4.79 Å². The Morgan fingerprint density at radius 2 is 1.88 bits per heavy atom. The quantitative estimate of drug-likeness (QED) is 0.213. The van der Waals surface area contributed by atoms with E-state index in [4.69, 9.17) is 11.5 Å². The minimum absolute atomic E-state index is 0.0660. The van der Waals surface area contributed by atoms with E-state index in [9.17, 15) is 19.2 Å². The number of carbonyl (C=O) groups is 4. The topological polar surface area (TPSA) is 156 Å². The highest BCUT2D eigenvalue weighted by molar-refractivity contribution is 8.00. The monoisotopic (exact) mass is 481 g/mol. The molecule has 3 heterocycles. The number of unbranched alkanes of at least 4 members (excludes halogenated alkanes) is 3. The molecule has 5 amide bonds. The number of nitrogens with two attached hydrogens (primary N) is 2. The maximum atomic E-state index is 12.0. The molecule has 0 aromatic carbocycles. The summed E-state index contributed by atoms with van der Waals surface area (Å²) in [6.07, 6.45) is 6.56. The Morgan fingerprint density at radius 1 is 1.06 bits per heavy atom. The van der Waals surface area contributed by atoms with Crippen molar-refractivity contribution in [1.82, 2.24) is 16.0 Å². The van der Waals surface area contributed by atoms with Crippen LogP contribution in [0, 0.1) is 0 Å². The predicted molar refractivity (Wildman–Crippen MR) is 126 cm³/mol. The number of thioether (sulfide) groups is 1. The third kappa shape index (κ3) is 6.61. The van der Waals surface area contributed by atoms with Crippen LogP contribution in [0.1, 0.15) is 69.9 Å². The van der Waals surface area contributed by atoms with Crippen LogP contribution in [0.2, 0.25) is 0 Å². The first kappa shape index (κ1) is 24.4. The first-order valence-corrected chi connectivity index (χ1v) is 12.9. The number of fused-ring (bicyclic) bond motifs is 1. The molecule has 1 aromatic heterocycles. The van der Waals surface area contributed by atoms with Gasteiger partial charge in [0.2, 0.25) is 5.91 Å². The van der Waals surface area contributed by atoms with Crippen molar-refractivity contribution in [2.24, 2.45) is 11.5 Å². The fourth-order valence-electron chi connectivity index (χ4n) is 4.15. The van der Waals surface area contributed by atoms with Gasteiger partial charge in [-0.1, -0.05) is 12.8 Å². The molecule has 2 aliphatic heterocycles. The van der Waals surface area contributed by atoms with Crippen molar-refractivity contribution in [3.63, 3.8) is 0 Å². The zero-order valence-corrected chi connectivity index (χ0v) is 19.6. The number of hydrogen-bond donors (Lipinski definition) is 5. The van der Waals surface area contributed by atoms with Crippen LogP contribution in [-0.4, -0.2) is 53.4 Å². The van der Waals surface area contributed by atoms with Crippen molar-refractivity contribution in [1.29, 1.82) is 0 Å². The zero-order valence-electron chi connectivity index (χ0n) is 18.0. The van der Waals surface area contributed by atoms with E-state index < -0.39 is 11.8 Å². The Bertz CT molecular complexity index is 859. The van der Waals surface area contributed by atoms with Gasteiger partial charge in [-0.2, -0.15) is 11.8 Å². The van der Waals surface area contributed by atoms with E-state index in [1.165, 1.54) is 0 Å². The van der Waals surface area contributed by atoms with Gasteiger partial charge in [0.25, 0.3) is 11.8 Å². The molecule has 2 fully saturated rings. The second-order valence-corrected chi connectivity index (χ2v) is 10.5. The van der Waals surface area contributed by atoms with Gasteiger partial charge in [0.15, 0.2) is 0 Å². The number of carbonyl (C=O) groups excluding carboxylic acids is 4. The number of primary amides is 2. The molecule has 1 aromatic rings. The van der Waals surface area contributed by atoms with Crippen molar-refractivity contribution in [3.8, 4) is 0 Å². The van der Waals surface area contributed by atoms with Gasteiger partial charge < -0.3 is 27.4 Å². The van der Waals surface area contributed by atoms with Crippen LogP contribution in [0.15, 0.2) is 6.07 Å². The van der Waals surface area contributed by atoms with Crippen LogP contribution >= 0.6 is 23.1 Å². The van der Waals surface area contributed by atoms with Gasteiger partial charge in [0.05, 0.1) is 21.8 Å². The van der Waals surface area contributed by atoms with Crippen molar-refractivity contribution in [3.05, 3.63) is 21.4 Å². The summed E-state index contributed by atoms with van der Waals surface area (Å²) in [5.74, 6) is -0.0737. The van der Waals surface area contributed by atoms with Crippen LogP contribution in [0.4, 0.5) is 4.79 Å². The molecule has 0 spiro atoms. The molecule has 2 aliphatic rings. The SMILES string of the molecule is NC(=O)c1cc(CCCCCNC(=O)CCCC[C@H]2SC[C@H]3NC(=O)N[C@H]32)c(C(N)=O)s1. The molecule has 176 valence electrons. The maximum Gasteiger partial charge on any atom is 0.315 e. The van der Waals surface area contributed by atoms with Gasteiger partial charge in [0, 0.05) is 24.0 Å². The van der Waals surface area contributed by atoms with Crippen LogP contribution in [0.5, 0.6) is 0 Å². The van der Waals surface area contributed by atoms with Crippen LogP contribution in [0.3, 0.4) is 0 Å². The maximum absolute atomic E-state index is 12.0. The van der Waals surface area contributed by atoms with E-state index in [-0.39, 0.29) is 24.0 Å². The number of nitrogens with one attached hydrogen (secondary N) is 3. The summed E-state index contributed by atoms with van der Waals surface area (Å²) in [4.78, 5) is 47.0. The zero-order chi connectivity index (χ0) is 23.1. The fourth-order valence-corrected chi connectivity index (χ4v) is 6.61. The molecule has 7 N–H and O–H groups in total. The Kier molecular flexibility index (Phi) is 8.80. The number of amides is 5. The number of hydrogen-bond acceptors (Lipinski definition) is 6. The van der Waals surface area contributed by atoms with Crippen molar-refractivity contribution >= 4 is 46.9 Å². The van der Waals surface area contributed by atoms with Gasteiger partial charge >= 0.3 is 6.03 Å². The molecule has 0 saturated carbocycles. The molecule has 3 atom stereocenters. The Balaban J connectivity index is 1.23. The second kappa shape index (κ2) is 11.6. The van der Waals surface area contributed by atoms with E-state index in [0.717, 1.165) is 61.2 Å². The number of urea groups is 1. The van der Waals surface area contributed by atoms with E-state index in [2.05, 4.69) is 16.0 Å². The molecule has 0 bridgehead atoms. The van der Waals surface area contributed by atoms with Gasteiger partial charge in [-0.05, 0) is 43.7 Å². The smallest absolute Gasteiger partial charge is 0.315 e. The molecule has 2 saturated heterocycles. The number of aryl methyl sites for hydroxylation is 1. The Morgan fingerprint density at radius 3 is 2.62 bits per heavy atom. The molecule has 0 unspecified atom stereocenters. The third-order valence-electron chi connectivity index (χ3n) is 5.80. The average Bonchev–Trinajstić information content (AvgIpc) is 3.42. The lowest BCUT2D eigenvalue weighted by Crippen LogP contribution is -2.36. The van der Waals surface area contributed by atoms with Crippen LogP contribution < -0.4 is 27.4 Å². The van der Waals surface area contributed by atoms with E-state index in [1.807, 2.05) is 11.8 Å². The van der Waals surface area contributed by atoms with Crippen LogP contribution in [-0.2, 0) is 11.2 Å². The summed E-state index contributed by atoms with van der Waals surface area (Å²) >= 11 is 2.94. The molecule has 3 rings (SSSR count). The fraction of sp³-hybridized carbons (Fsp3) is 0.619. The highest BCUT2D eigenvalue weighted by Gasteiger charge is 2.42. The molecule has 32 heavy (non-hydrogen) atoms. The predicted octanol–water partition coefficient (Wildman–Crippen LogP) is 1.50. The molecule has 0 aliphatic carbocycles. The third-order valence-corrected chi connectivity index (χ3v) is 8.52. The summed E-state index contributed by atoms with van der Waals surface area (Å²) < 4.78 is 0. The summed E-state index contributed by atoms with van der Waals surface area (Å²) in [6.45, 7) is 0.623. The molecule has 9 nitrogen and oxygen atoms in total. The Labute approximate surface area is 195 Å². The second-order valence-electron chi connectivity index (χ2n) is 8.22. The van der Waals surface area contributed by atoms with Crippen LogP contribution in [0.25, 0.3) is 0 Å². The standard InChI is InChI=1S/C21H31N5O4S2/c22-19(28)15-10-12(18(32-15)20(23)29)6-2-1-5-9-24-16(27)8-4-3-7-14-17-13(11-31-14)25-21(30)26-17/h10,13-14,17H,1-9,11H2,(H2,22,28)(H2,23,29)(H,24,27)(H2,25,26,30)/t13-,14-,17-/m1/s1. The molecule has 11 heteroatoms. The highest BCUT2D eigenvalue weighted by atomic mass is 32.2. The van der Waals surface area contributed by atoms with Gasteiger partial charge in [-0.15, -0.1) is 11.3 Å². The minimum Gasteiger partial charge on any atom is -0.365 e. The lowest BCUT2D eigenvalue weighted by Gasteiger charge is -2.16. The first-order chi connectivity index (χ1) is 15.3. The largest absolute Gasteiger partial charge is 0.365 e. The van der Waals surface area contributed by atoms with Gasteiger partial charge in [0.1, 0.15) is 0 Å². The summed E-state index contributed by atoms with van der Waals surface area (Å²) in [6, 6.07) is 2.05. The number of thiophene rings is 1. The lowest BCUT2D eigenvalue weighted by atomic mass is 10.0. The van der Waals surface area contributed by atoms with E-state index >= 15 is 0 Å². The van der Waals surface area contributed by atoms with Crippen molar-refractivity contribution in [2.45, 2.75) is 68.7 Å². The van der Waals surface area contributed by atoms with Crippen molar-refractivity contribution < 1.29 is 19.2 Å². The number of rotatable bonds is 13. The van der Waals surface area contributed by atoms with E-state index in [1.54, 1.807) is 6.07 Å². The summed E-state index contributed by atoms with van der Waals surface area (Å²) in [7, 11) is 0. The van der Waals surface area contributed by atoms with Gasteiger partial charge in [-0.3, -0.25) is 14.4 Å². The molecular weight excluding hydrogens is 450 g/mol. The van der Waals surface area contributed by atoms with Crippen molar-refractivity contribution in [2.75, 3.05) is 12.3 Å². The molecular formula is C21H31N5O4S2. The summed E-state index contributed by atoms with van der Waals surface area (Å²) in [5, 5.41) is 9.32. The highest BCUT2D eigenvalue weighted by Crippen LogP contribution is 2.33. The minimum atomic E-state index is -0.556. The average molecular weight is 482 g/mol. The normalized spacial score (nSPS) is 21.6. The first-order valence-electron chi connectivity index (χ1n) is 11.0. The lowest BCUT2D eigenvalue weighted by molar-refractivity contribution is -0.121. The Hall–Kier alpha value is -2.27. The summed E-state index contributed by atoms with van der Waals surface area (Å²) in [5.41, 5.74) is 11.4. The van der Waals surface area contributed by atoms with E-state index in [0.29, 0.717) is 34.4 Å².